The van der Waals surface area contributed by atoms with E-state index in [4.69, 9.17) is 26.7 Å². The number of para-hydroxylation sites is 1. The molecule has 1 aromatic carbocycles. The fourth-order valence-corrected chi connectivity index (χ4v) is 1.50. The average molecular weight is 333 g/mol. The minimum absolute atomic E-state index is 0.158. The second-order valence-corrected chi connectivity index (χ2v) is 4.19. The molecule has 0 spiro atoms. The summed E-state index contributed by atoms with van der Waals surface area (Å²) < 4.78 is 5.74. The first-order valence-corrected chi connectivity index (χ1v) is 5.85. The number of hydrogen-bond acceptors (Lipinski definition) is 5. The van der Waals surface area contributed by atoms with Crippen LogP contribution in [0.5, 0.6) is 5.75 Å². The molecule has 0 heterocycles. The highest BCUT2D eigenvalue weighted by Crippen LogP contribution is 2.35. The highest BCUT2D eigenvalue weighted by atomic mass is 79.9. The molecule has 1 aromatic rings. The number of ether oxygens (including phenoxy) is 1. The molecule has 0 saturated heterocycles. The van der Waals surface area contributed by atoms with E-state index in [1.165, 1.54) is 0 Å². The lowest BCUT2D eigenvalue weighted by Gasteiger charge is -2.06. The van der Waals surface area contributed by atoms with Crippen molar-refractivity contribution in [1.29, 1.82) is 5.26 Å². The molecule has 94 valence electrons. The van der Waals surface area contributed by atoms with E-state index in [0.717, 1.165) is 0 Å². The zero-order valence-electron chi connectivity index (χ0n) is 8.88. The van der Waals surface area contributed by atoms with E-state index >= 15 is 0 Å². The fraction of sp³-hybridized carbons (Fsp3) is 0.200. The molecule has 0 bridgehead atoms. The predicted molar refractivity (Wildman–Crippen MR) is 67.0 cm³/mol. The number of carboxylic acids is 1. The summed E-state index contributed by atoms with van der Waals surface area (Å²) in [4.78, 5) is 10.5. The highest BCUT2D eigenvalue weighted by Gasteiger charge is 2.13. The summed E-state index contributed by atoms with van der Waals surface area (Å²) in [7, 11) is 0. The van der Waals surface area contributed by atoms with Gasteiger partial charge in [0.1, 0.15) is 11.8 Å². The lowest BCUT2D eigenvalue weighted by atomic mass is 10.3. The fourth-order valence-electron chi connectivity index (χ4n) is 0.986. The molecule has 0 amide bonds. The molecule has 1 unspecified atom stereocenters. The van der Waals surface area contributed by atoms with E-state index < -0.39 is 11.5 Å². The van der Waals surface area contributed by atoms with E-state index in [1.54, 1.807) is 18.2 Å². The Morgan fingerprint density at radius 1 is 1.67 bits per heavy atom. The molecule has 0 aliphatic rings. The third-order valence-electron chi connectivity index (χ3n) is 1.70. The molecule has 0 aromatic heterocycles. The summed E-state index contributed by atoms with van der Waals surface area (Å²) in [5.41, 5.74) is -1.18. The van der Waals surface area contributed by atoms with Crippen molar-refractivity contribution < 1.29 is 14.6 Å². The number of nitrogens with zero attached hydrogens (tertiary/aromatic N) is 3. The van der Waals surface area contributed by atoms with Gasteiger partial charge in [0.05, 0.1) is 4.47 Å². The summed E-state index contributed by atoms with van der Waals surface area (Å²) in [6.07, 6.45) is 0. The van der Waals surface area contributed by atoms with Crippen molar-refractivity contribution >= 4 is 39.2 Å². The van der Waals surface area contributed by atoms with Gasteiger partial charge < -0.3 is 9.84 Å². The molecule has 6 nitrogen and oxygen atoms in total. The first-order chi connectivity index (χ1) is 8.56. The maximum atomic E-state index is 10.5. The van der Waals surface area contributed by atoms with Crippen LogP contribution >= 0.6 is 27.5 Å². The van der Waals surface area contributed by atoms with Gasteiger partial charge in [-0.3, -0.25) is 0 Å². The molecule has 0 aliphatic heterocycles. The van der Waals surface area contributed by atoms with Gasteiger partial charge in [0.15, 0.2) is 12.4 Å². The monoisotopic (exact) mass is 331 g/mol. The topological polar surface area (TPSA) is 95.0 Å². The number of azo groups is 1. The van der Waals surface area contributed by atoms with Crippen LogP contribution in [0.4, 0.5) is 5.69 Å². The number of rotatable bonds is 5. The number of nitriles is 1. The van der Waals surface area contributed by atoms with Gasteiger partial charge in [-0.25, -0.2) is 4.79 Å². The zero-order chi connectivity index (χ0) is 13.5. The highest BCUT2D eigenvalue weighted by molar-refractivity contribution is 9.10. The quantitative estimate of drug-likeness (QED) is 0.509. The summed E-state index contributed by atoms with van der Waals surface area (Å²) >= 11 is 8.63. The average Bonchev–Trinajstić information content (AvgIpc) is 2.34. The van der Waals surface area contributed by atoms with Gasteiger partial charge in [-0.15, -0.1) is 5.11 Å². The van der Waals surface area contributed by atoms with Crippen LogP contribution in [0.1, 0.15) is 0 Å². The smallest absolute Gasteiger partial charge is 0.345 e. The molecule has 1 atom stereocenters. The first kappa shape index (κ1) is 14.4. The maximum absolute atomic E-state index is 10.5. The number of alkyl halides is 1. The van der Waals surface area contributed by atoms with Gasteiger partial charge >= 0.3 is 5.97 Å². The van der Waals surface area contributed by atoms with E-state index in [2.05, 4.69) is 26.2 Å². The van der Waals surface area contributed by atoms with Gasteiger partial charge in [0.25, 0.3) is 0 Å². The normalized spacial score (nSPS) is 12.1. The molecule has 1 N–H and O–H groups in total. The number of carboxylic acid groups (broad SMARTS) is 1. The lowest BCUT2D eigenvalue weighted by molar-refractivity contribution is -0.136. The number of halogens is 2. The second kappa shape index (κ2) is 6.93. The van der Waals surface area contributed by atoms with Crippen LogP contribution in [0, 0.1) is 11.3 Å². The summed E-state index contributed by atoms with van der Waals surface area (Å²) in [5.74, 6) is -0.994. The Balaban J connectivity index is 2.98. The lowest BCUT2D eigenvalue weighted by Crippen LogP contribution is -2.08. The minimum Gasteiger partial charge on any atom is -0.479 e. The Morgan fingerprint density at radius 2 is 2.39 bits per heavy atom. The number of aliphatic carboxylic acids is 1. The third kappa shape index (κ3) is 3.98. The summed E-state index contributed by atoms with van der Waals surface area (Å²) in [5, 5.41) is 24.1. The van der Waals surface area contributed by atoms with Crippen molar-refractivity contribution in [2.75, 3.05) is 6.61 Å². The number of benzene rings is 1. The molecule has 0 radical (unpaired) electrons. The van der Waals surface area contributed by atoms with Crippen LogP contribution in [0.3, 0.4) is 0 Å². The van der Waals surface area contributed by atoms with E-state index in [1.807, 2.05) is 6.07 Å². The number of carbonyl (C=O) groups is 1. The molecular formula is C10H7BrClN3O3. The van der Waals surface area contributed by atoms with Gasteiger partial charge in [0, 0.05) is 0 Å². The molecule has 18 heavy (non-hydrogen) atoms. The molecule has 0 fully saturated rings. The standard InChI is InChI=1S/C10H7BrClN3O3/c11-6-2-1-3-7(8(6)18-5-4-13)14-15-9(12)10(16)17/h1-3,9H,5H2,(H,16,17). The van der Waals surface area contributed by atoms with Crippen LogP contribution < -0.4 is 4.74 Å². The van der Waals surface area contributed by atoms with Crippen molar-refractivity contribution in [1.82, 2.24) is 0 Å². The number of hydrogen-bond donors (Lipinski definition) is 1. The Hall–Kier alpha value is -1.65. The molecular weight excluding hydrogens is 325 g/mol. The Bertz CT molecular complexity index is 516. The van der Waals surface area contributed by atoms with Gasteiger partial charge in [-0.05, 0) is 28.1 Å². The Labute approximate surface area is 116 Å². The molecule has 0 aliphatic carbocycles. The van der Waals surface area contributed by atoms with Gasteiger partial charge in [-0.2, -0.15) is 10.4 Å². The van der Waals surface area contributed by atoms with Crippen molar-refractivity contribution in [3.8, 4) is 11.8 Å². The molecule has 1 rings (SSSR count). The SMILES string of the molecule is N#CCOc1c(Br)cccc1N=NC(Cl)C(=O)O. The molecule has 8 heteroatoms. The van der Waals surface area contributed by atoms with Crippen LogP contribution in [0.15, 0.2) is 32.9 Å². The van der Waals surface area contributed by atoms with Crippen molar-refractivity contribution in [3.63, 3.8) is 0 Å². The zero-order valence-corrected chi connectivity index (χ0v) is 11.2. The molecule has 0 saturated carbocycles. The largest absolute Gasteiger partial charge is 0.479 e. The van der Waals surface area contributed by atoms with Crippen LogP contribution in [0.25, 0.3) is 0 Å². The summed E-state index contributed by atoms with van der Waals surface area (Å²) in [6.45, 7) is -0.158. The first-order valence-electron chi connectivity index (χ1n) is 4.62. The van der Waals surface area contributed by atoms with Gasteiger partial charge in [0.2, 0.25) is 5.50 Å². The van der Waals surface area contributed by atoms with Crippen molar-refractivity contribution in [2.45, 2.75) is 5.50 Å². The van der Waals surface area contributed by atoms with Crippen LogP contribution in [-0.4, -0.2) is 23.2 Å². The predicted octanol–water partition coefficient (Wildman–Crippen LogP) is 3.08. The van der Waals surface area contributed by atoms with Crippen LogP contribution in [0.2, 0.25) is 0 Å². The van der Waals surface area contributed by atoms with E-state index in [0.29, 0.717) is 10.2 Å². The van der Waals surface area contributed by atoms with Crippen LogP contribution in [-0.2, 0) is 4.79 Å². The Kier molecular flexibility index (Phi) is 5.55. The third-order valence-corrected chi connectivity index (χ3v) is 2.60. The van der Waals surface area contributed by atoms with Gasteiger partial charge in [-0.1, -0.05) is 17.7 Å². The van der Waals surface area contributed by atoms with Crippen molar-refractivity contribution in [2.24, 2.45) is 10.2 Å². The maximum Gasteiger partial charge on any atom is 0.345 e. The van der Waals surface area contributed by atoms with Crippen molar-refractivity contribution in [3.05, 3.63) is 22.7 Å². The van der Waals surface area contributed by atoms with E-state index in [-0.39, 0.29) is 12.3 Å². The minimum atomic E-state index is -1.47. The van der Waals surface area contributed by atoms with E-state index in [9.17, 15) is 4.79 Å². The Morgan fingerprint density at radius 3 is 3.00 bits per heavy atom. The second-order valence-electron chi connectivity index (χ2n) is 2.92. The summed E-state index contributed by atoms with van der Waals surface area (Å²) in [6, 6.07) is 6.74.